The van der Waals surface area contributed by atoms with E-state index in [0.29, 0.717) is 0 Å². The van der Waals surface area contributed by atoms with Gasteiger partial charge in [-0.2, -0.15) is 0 Å². The van der Waals surface area contributed by atoms with Gasteiger partial charge in [-0.1, -0.05) is 39.0 Å². The first kappa shape index (κ1) is 27.2. The third-order valence-electron chi connectivity index (χ3n) is 4.56. The van der Waals surface area contributed by atoms with E-state index in [-0.39, 0.29) is 0 Å². The summed E-state index contributed by atoms with van der Waals surface area (Å²) in [5, 5.41) is 17.1. The van der Waals surface area contributed by atoms with Crippen LogP contribution in [0.3, 0.4) is 0 Å². The number of rotatable bonds is 17. The summed E-state index contributed by atoms with van der Waals surface area (Å²) in [6, 6.07) is 0. The molecular weight excluding hydrogens is 307 g/mol. The second kappa shape index (κ2) is 24.0. The standard InChI is InChI=1S/C18H37.C3H6O3.Li/c1-3-5-7-9-11-13-15-17-18-16-14-12-10-8-6-4-2;1-2(4)3(5)6;/h1,3-18H2,2H3;2,4H,1H3,(H,5,6);. The van der Waals surface area contributed by atoms with Crippen LogP contribution in [0.5, 0.6) is 0 Å². The molecule has 0 spiro atoms. The molecule has 0 aromatic rings. The predicted octanol–water partition coefficient (Wildman–Crippen LogP) is 6.29. The Kier molecular flexibility index (Phi) is 26.2. The summed E-state index contributed by atoms with van der Waals surface area (Å²) in [4.78, 5) is 9.45. The maximum atomic E-state index is 9.45. The minimum Gasteiger partial charge on any atom is -0.0654 e. The van der Waals surface area contributed by atoms with E-state index in [9.17, 15) is 4.79 Å². The van der Waals surface area contributed by atoms with Crippen molar-refractivity contribution in [3.63, 3.8) is 0 Å². The molecule has 0 saturated heterocycles. The Labute approximate surface area is 166 Å². The Balaban J connectivity index is 0. The van der Waals surface area contributed by atoms with Crippen LogP contribution in [0.1, 0.15) is 117 Å². The van der Waals surface area contributed by atoms with E-state index in [0.717, 1.165) is 0 Å². The SMILES string of the molecule is CC(O)C(=O)O.[Li][CH2]CCCCCCCCCCCCCCCCC. The summed E-state index contributed by atoms with van der Waals surface area (Å²) < 4.78 is 0. The van der Waals surface area contributed by atoms with E-state index in [1.54, 1.807) is 0 Å². The van der Waals surface area contributed by atoms with Gasteiger partial charge in [0.15, 0.2) is 0 Å². The first-order chi connectivity index (χ1) is 12.1. The fourth-order valence-corrected chi connectivity index (χ4v) is 2.80. The number of hydrogen-bond acceptors (Lipinski definition) is 2. The Morgan fingerprint density at radius 2 is 0.960 bits per heavy atom. The molecule has 0 aliphatic rings. The van der Waals surface area contributed by atoms with Gasteiger partial charge in [-0.3, -0.25) is 0 Å². The molecule has 0 aliphatic carbocycles. The summed E-state index contributed by atoms with van der Waals surface area (Å²) in [6.45, 7) is 3.49. The van der Waals surface area contributed by atoms with Crippen molar-refractivity contribution in [3.8, 4) is 0 Å². The van der Waals surface area contributed by atoms with Crippen LogP contribution in [0.25, 0.3) is 0 Å². The third kappa shape index (κ3) is 29.1. The fraction of sp³-hybridized carbons (Fsp3) is 0.952. The van der Waals surface area contributed by atoms with Crippen LogP contribution in [-0.2, 0) is 4.79 Å². The number of hydrogen-bond donors (Lipinski definition) is 2. The normalized spacial score (nSPS) is 11.7. The van der Waals surface area contributed by atoms with Crippen molar-refractivity contribution in [1.82, 2.24) is 0 Å². The Morgan fingerprint density at radius 1 is 0.720 bits per heavy atom. The topological polar surface area (TPSA) is 57.5 Å². The molecule has 0 aliphatic heterocycles. The quantitative estimate of drug-likeness (QED) is 0.239. The zero-order valence-electron chi connectivity index (χ0n) is 17.4. The summed E-state index contributed by atoms with van der Waals surface area (Å²) in [7, 11) is 0. The molecule has 0 heterocycles. The van der Waals surface area contributed by atoms with Crippen molar-refractivity contribution in [2.75, 3.05) is 0 Å². The molecule has 0 radical (unpaired) electrons. The minimum atomic E-state index is -1.23. The first-order valence-electron chi connectivity index (χ1n) is 11.0. The van der Waals surface area contributed by atoms with Gasteiger partial charge < -0.3 is 10.2 Å². The van der Waals surface area contributed by atoms with Crippen molar-refractivity contribution in [2.24, 2.45) is 0 Å². The summed E-state index contributed by atoms with van der Waals surface area (Å²) >= 11 is 2.30. The molecule has 0 amide bonds. The average Bonchev–Trinajstić information content (AvgIpc) is 2.59. The minimum absolute atomic E-state index is 1.19. The zero-order chi connectivity index (χ0) is 19.2. The van der Waals surface area contributed by atoms with E-state index in [1.165, 1.54) is 115 Å². The molecule has 3 nitrogen and oxygen atoms in total. The van der Waals surface area contributed by atoms with Gasteiger partial charge >= 0.3 is 99.4 Å². The Bertz CT molecular complexity index is 242. The molecular formula is C21H43LiO3. The van der Waals surface area contributed by atoms with Crippen molar-refractivity contribution < 1.29 is 15.0 Å². The molecule has 0 saturated carbocycles. The second-order valence-corrected chi connectivity index (χ2v) is 7.32. The van der Waals surface area contributed by atoms with E-state index < -0.39 is 12.1 Å². The average molecular weight is 351 g/mol. The van der Waals surface area contributed by atoms with Crippen molar-refractivity contribution >= 4 is 23.7 Å². The number of aliphatic hydroxyl groups excluding tert-OH is 1. The van der Waals surface area contributed by atoms with E-state index in [2.05, 4.69) is 24.6 Å². The van der Waals surface area contributed by atoms with E-state index in [1.807, 2.05) is 0 Å². The van der Waals surface area contributed by atoms with Crippen LogP contribution in [0, 0.1) is 0 Å². The molecule has 0 fully saturated rings. The fourth-order valence-electron chi connectivity index (χ4n) is 2.80. The number of aliphatic hydroxyl groups is 1. The zero-order valence-corrected chi connectivity index (χ0v) is 17.4. The van der Waals surface area contributed by atoms with Crippen LogP contribution in [0.2, 0.25) is 5.09 Å². The van der Waals surface area contributed by atoms with Crippen LogP contribution < -0.4 is 0 Å². The Hall–Kier alpha value is 0.0274. The van der Waals surface area contributed by atoms with Gasteiger partial charge in [0, 0.05) is 0 Å². The maximum absolute atomic E-state index is 9.45. The molecule has 1 atom stereocenters. The summed E-state index contributed by atoms with van der Waals surface area (Å²) in [5.74, 6) is -1.19. The van der Waals surface area contributed by atoms with E-state index in [4.69, 9.17) is 10.2 Å². The van der Waals surface area contributed by atoms with E-state index >= 15 is 0 Å². The summed E-state index contributed by atoms with van der Waals surface area (Å²) in [5.41, 5.74) is 0. The van der Waals surface area contributed by atoms with Crippen molar-refractivity contribution in [1.29, 1.82) is 0 Å². The molecule has 1 unspecified atom stereocenters. The first-order valence-corrected chi connectivity index (χ1v) is 11.0. The van der Waals surface area contributed by atoms with Crippen LogP contribution >= 0.6 is 0 Å². The summed E-state index contributed by atoms with van der Waals surface area (Å²) in [6.07, 6.45) is 22.3. The van der Waals surface area contributed by atoms with Gasteiger partial charge in [0.1, 0.15) is 6.10 Å². The van der Waals surface area contributed by atoms with Gasteiger partial charge in [0.2, 0.25) is 0 Å². The smallest absolute Gasteiger partial charge is 0.0654 e. The molecule has 0 bridgehead atoms. The molecule has 0 rings (SSSR count). The van der Waals surface area contributed by atoms with Gasteiger partial charge in [-0.05, 0) is 6.92 Å². The number of carbonyl (C=O) groups is 1. The van der Waals surface area contributed by atoms with Gasteiger partial charge in [0.05, 0.1) is 0 Å². The molecule has 2 N–H and O–H groups in total. The second-order valence-electron chi connectivity index (χ2n) is 7.32. The van der Waals surface area contributed by atoms with Crippen LogP contribution in [-0.4, -0.2) is 40.0 Å². The van der Waals surface area contributed by atoms with Gasteiger partial charge in [0.25, 0.3) is 0 Å². The van der Waals surface area contributed by atoms with Crippen LogP contribution in [0.4, 0.5) is 0 Å². The van der Waals surface area contributed by atoms with Crippen molar-refractivity contribution in [3.05, 3.63) is 0 Å². The number of aliphatic carboxylic acids is 1. The monoisotopic (exact) mass is 350 g/mol. The van der Waals surface area contributed by atoms with Gasteiger partial charge in [-0.25, -0.2) is 4.79 Å². The van der Waals surface area contributed by atoms with Gasteiger partial charge in [-0.15, -0.1) is 0 Å². The molecule has 0 aromatic carbocycles. The number of carboxylic acid groups (broad SMARTS) is 1. The van der Waals surface area contributed by atoms with Crippen LogP contribution in [0.15, 0.2) is 0 Å². The molecule has 4 heteroatoms. The Morgan fingerprint density at radius 3 is 1.16 bits per heavy atom. The molecule has 0 aromatic heterocycles. The predicted molar refractivity (Wildman–Crippen MR) is 109 cm³/mol. The third-order valence-corrected chi connectivity index (χ3v) is 4.56. The molecule has 25 heavy (non-hydrogen) atoms. The number of unbranched alkanes of at least 4 members (excludes halogenated alkanes) is 15. The van der Waals surface area contributed by atoms with Crippen molar-refractivity contribution in [2.45, 2.75) is 128 Å². The molecule has 146 valence electrons. The number of carboxylic acids is 1.